The number of amides is 1. The molecule has 0 aliphatic heterocycles. The summed E-state index contributed by atoms with van der Waals surface area (Å²) in [4.78, 5) is 11.4. The lowest BCUT2D eigenvalue weighted by Gasteiger charge is -2.03. The van der Waals surface area contributed by atoms with Gasteiger partial charge in [-0.15, -0.1) is 5.10 Å². The van der Waals surface area contributed by atoms with Crippen LogP contribution >= 0.6 is 11.8 Å². The monoisotopic (exact) mass is 294 g/mol. The predicted octanol–water partition coefficient (Wildman–Crippen LogP) is 1.57. The van der Waals surface area contributed by atoms with Crippen molar-refractivity contribution < 1.29 is 9.21 Å². The minimum absolute atomic E-state index is 0.232. The molecule has 0 saturated carbocycles. The van der Waals surface area contributed by atoms with Crippen LogP contribution in [0.15, 0.2) is 22.7 Å². The average molecular weight is 294 g/mol. The van der Waals surface area contributed by atoms with Gasteiger partial charge in [-0.25, -0.2) is 4.68 Å². The van der Waals surface area contributed by atoms with Gasteiger partial charge in [-0.3, -0.25) is 4.79 Å². The van der Waals surface area contributed by atoms with Crippen molar-refractivity contribution in [3.63, 3.8) is 0 Å². The van der Waals surface area contributed by atoms with Crippen LogP contribution in [0.25, 0.3) is 0 Å². The molecule has 6 nitrogen and oxygen atoms in total. The van der Waals surface area contributed by atoms with Gasteiger partial charge in [-0.05, 0) is 18.4 Å². The van der Waals surface area contributed by atoms with Crippen molar-refractivity contribution in [1.82, 2.24) is 20.3 Å². The molecule has 1 N–H and O–H groups in total. The molecule has 7 heteroatoms. The van der Waals surface area contributed by atoms with Gasteiger partial charge in [-0.1, -0.05) is 12.1 Å². The fraction of sp³-hybridized carbons (Fsp3) is 0.462. The van der Waals surface area contributed by atoms with Crippen LogP contribution in [0.3, 0.4) is 0 Å². The van der Waals surface area contributed by atoms with Gasteiger partial charge >= 0.3 is 0 Å². The first-order chi connectivity index (χ1) is 9.62. The van der Waals surface area contributed by atoms with Gasteiger partial charge in [-0.2, -0.15) is 11.8 Å². The van der Waals surface area contributed by atoms with Crippen LogP contribution in [0.5, 0.6) is 0 Å². The minimum atomic E-state index is -0.232. The minimum Gasteiger partial charge on any atom is -0.454 e. The molecule has 0 unspecified atom stereocenters. The van der Waals surface area contributed by atoms with E-state index in [0.717, 1.165) is 12.1 Å². The normalized spacial score (nSPS) is 12.3. The SMILES string of the molecule is CNC(=O)c1ccc(Cn2cc(C[C@@H](C)SC)nn2)o1. The Kier molecular flexibility index (Phi) is 4.84. The molecule has 0 bridgehead atoms. The van der Waals surface area contributed by atoms with Gasteiger partial charge in [0.05, 0.1) is 5.69 Å². The molecule has 20 heavy (non-hydrogen) atoms. The number of hydrogen-bond acceptors (Lipinski definition) is 5. The molecule has 2 aromatic heterocycles. The quantitative estimate of drug-likeness (QED) is 0.875. The van der Waals surface area contributed by atoms with E-state index in [1.54, 1.807) is 35.6 Å². The Morgan fingerprint density at radius 1 is 1.55 bits per heavy atom. The summed E-state index contributed by atoms with van der Waals surface area (Å²) in [6.45, 7) is 2.63. The Balaban J connectivity index is 2.00. The number of hydrogen-bond donors (Lipinski definition) is 1. The maximum Gasteiger partial charge on any atom is 0.286 e. The molecule has 0 aliphatic rings. The van der Waals surface area contributed by atoms with Crippen LogP contribution in [0, 0.1) is 0 Å². The van der Waals surface area contributed by atoms with Crippen LogP contribution in [0.1, 0.15) is 28.9 Å². The molecular formula is C13H18N4O2S. The molecule has 1 atom stereocenters. The zero-order valence-corrected chi connectivity index (χ0v) is 12.6. The highest BCUT2D eigenvalue weighted by molar-refractivity contribution is 7.99. The number of nitrogens with zero attached hydrogens (tertiary/aromatic N) is 3. The predicted molar refractivity (Wildman–Crippen MR) is 77.9 cm³/mol. The molecule has 2 aromatic rings. The number of furan rings is 1. The summed E-state index contributed by atoms with van der Waals surface area (Å²) in [6.07, 6.45) is 4.88. The second-order valence-electron chi connectivity index (χ2n) is 4.50. The van der Waals surface area contributed by atoms with Crippen molar-refractivity contribution in [3.05, 3.63) is 35.5 Å². The smallest absolute Gasteiger partial charge is 0.286 e. The molecular weight excluding hydrogens is 276 g/mol. The molecule has 0 aliphatic carbocycles. The molecule has 0 radical (unpaired) electrons. The van der Waals surface area contributed by atoms with Crippen molar-refractivity contribution in [2.45, 2.75) is 25.1 Å². The maximum absolute atomic E-state index is 11.4. The van der Waals surface area contributed by atoms with Crippen molar-refractivity contribution in [1.29, 1.82) is 0 Å². The van der Waals surface area contributed by atoms with Crippen molar-refractivity contribution in [3.8, 4) is 0 Å². The standard InChI is InChI=1S/C13H18N4O2S/c1-9(20-3)6-10-7-17(16-15-10)8-11-4-5-12(19-11)13(18)14-2/h4-5,7,9H,6,8H2,1-3H3,(H,14,18)/t9-/m1/s1. The number of rotatable bonds is 6. The summed E-state index contributed by atoms with van der Waals surface area (Å²) >= 11 is 1.80. The van der Waals surface area contributed by atoms with Crippen molar-refractivity contribution >= 4 is 17.7 Å². The van der Waals surface area contributed by atoms with E-state index in [-0.39, 0.29) is 5.91 Å². The maximum atomic E-state index is 11.4. The van der Waals surface area contributed by atoms with Crippen LogP contribution < -0.4 is 5.32 Å². The van der Waals surface area contributed by atoms with E-state index in [0.29, 0.717) is 23.3 Å². The molecule has 0 spiro atoms. The molecule has 0 aromatic carbocycles. The van der Waals surface area contributed by atoms with E-state index in [1.165, 1.54) is 0 Å². The first-order valence-electron chi connectivity index (χ1n) is 6.35. The third-order valence-corrected chi connectivity index (χ3v) is 3.89. The zero-order valence-electron chi connectivity index (χ0n) is 11.8. The molecule has 1 amide bonds. The number of nitrogens with one attached hydrogen (secondary N) is 1. The Bertz CT molecular complexity index is 578. The van der Waals surface area contributed by atoms with E-state index in [4.69, 9.17) is 4.42 Å². The first kappa shape index (κ1) is 14.6. The van der Waals surface area contributed by atoms with E-state index in [9.17, 15) is 4.79 Å². The third kappa shape index (κ3) is 3.63. The number of carbonyl (C=O) groups is 1. The number of aromatic nitrogens is 3. The highest BCUT2D eigenvalue weighted by atomic mass is 32.2. The zero-order chi connectivity index (χ0) is 14.5. The van der Waals surface area contributed by atoms with Gasteiger partial charge in [0, 0.05) is 24.9 Å². The van der Waals surface area contributed by atoms with Gasteiger partial charge in [0.2, 0.25) is 0 Å². The first-order valence-corrected chi connectivity index (χ1v) is 7.63. The van der Waals surface area contributed by atoms with E-state index in [2.05, 4.69) is 28.8 Å². The lowest BCUT2D eigenvalue weighted by molar-refractivity contribution is 0.0933. The van der Waals surface area contributed by atoms with Gasteiger partial charge in [0.25, 0.3) is 5.91 Å². The summed E-state index contributed by atoms with van der Waals surface area (Å²) in [7, 11) is 1.57. The molecule has 0 fully saturated rings. The van der Waals surface area contributed by atoms with E-state index >= 15 is 0 Å². The van der Waals surface area contributed by atoms with Crippen LogP contribution in [-0.2, 0) is 13.0 Å². The Morgan fingerprint density at radius 2 is 2.35 bits per heavy atom. The summed E-state index contributed by atoms with van der Waals surface area (Å²) in [5.74, 6) is 0.751. The second kappa shape index (κ2) is 6.60. The average Bonchev–Trinajstić information content (AvgIpc) is 3.08. The Morgan fingerprint density at radius 3 is 3.05 bits per heavy atom. The summed E-state index contributed by atoms with van der Waals surface area (Å²) in [6, 6.07) is 3.43. The highest BCUT2D eigenvalue weighted by Gasteiger charge is 2.11. The van der Waals surface area contributed by atoms with Gasteiger partial charge in [0.1, 0.15) is 12.3 Å². The fourth-order valence-corrected chi connectivity index (χ4v) is 2.09. The molecule has 108 valence electrons. The van der Waals surface area contributed by atoms with E-state index < -0.39 is 0 Å². The number of carbonyl (C=O) groups excluding carboxylic acids is 1. The lowest BCUT2D eigenvalue weighted by Crippen LogP contribution is -2.16. The van der Waals surface area contributed by atoms with Crippen molar-refractivity contribution in [2.24, 2.45) is 0 Å². The lowest BCUT2D eigenvalue weighted by atomic mass is 10.3. The van der Waals surface area contributed by atoms with Crippen LogP contribution in [-0.4, -0.2) is 39.5 Å². The second-order valence-corrected chi connectivity index (χ2v) is 5.78. The summed E-state index contributed by atoms with van der Waals surface area (Å²) < 4.78 is 7.16. The summed E-state index contributed by atoms with van der Waals surface area (Å²) in [5.41, 5.74) is 0.963. The Hall–Kier alpha value is -1.76. The van der Waals surface area contributed by atoms with Crippen LogP contribution in [0.2, 0.25) is 0 Å². The highest BCUT2D eigenvalue weighted by Crippen LogP contribution is 2.12. The van der Waals surface area contributed by atoms with Gasteiger partial charge < -0.3 is 9.73 Å². The molecule has 0 saturated heterocycles. The number of thioether (sulfide) groups is 1. The third-order valence-electron chi connectivity index (χ3n) is 2.92. The van der Waals surface area contributed by atoms with Crippen molar-refractivity contribution in [2.75, 3.05) is 13.3 Å². The fourth-order valence-electron chi connectivity index (χ4n) is 1.75. The van der Waals surface area contributed by atoms with Crippen LogP contribution in [0.4, 0.5) is 0 Å². The summed E-state index contributed by atoms with van der Waals surface area (Å²) in [5, 5.41) is 11.2. The largest absolute Gasteiger partial charge is 0.454 e. The molecule has 2 heterocycles. The molecule has 2 rings (SSSR count). The Labute approximate surface area is 121 Å². The van der Waals surface area contributed by atoms with Gasteiger partial charge in [0.15, 0.2) is 5.76 Å². The topological polar surface area (TPSA) is 73.0 Å². The van der Waals surface area contributed by atoms with E-state index in [1.807, 2.05) is 6.20 Å².